The summed E-state index contributed by atoms with van der Waals surface area (Å²) in [5, 5.41) is 4.04. The molecule has 4 rings (SSSR count). The molecule has 0 amide bonds. The summed E-state index contributed by atoms with van der Waals surface area (Å²) in [7, 11) is 10.4. The molecule has 204 valence electrons. The first-order chi connectivity index (χ1) is 16.8. The van der Waals surface area contributed by atoms with Gasteiger partial charge >= 0.3 is 34.8 Å². The van der Waals surface area contributed by atoms with Crippen molar-refractivity contribution < 1.29 is 15.7 Å². The molecule has 6 heteroatoms. The van der Waals surface area contributed by atoms with Gasteiger partial charge in [0.25, 0.3) is 0 Å². The Morgan fingerprint density at radius 2 is 0.706 bits per heavy atom. The molecule has 4 aliphatic rings. The summed E-state index contributed by atoms with van der Waals surface area (Å²) in [6.45, 7) is 2.69. The second kappa shape index (κ2) is 19.2. The predicted molar refractivity (Wildman–Crippen MR) is 157 cm³/mol. The van der Waals surface area contributed by atoms with Gasteiger partial charge in [-0.15, -0.1) is 0 Å². The molecular formula is C28H54Cl2IrNP2. The van der Waals surface area contributed by atoms with Gasteiger partial charge in [0.15, 0.2) is 0 Å². The van der Waals surface area contributed by atoms with Gasteiger partial charge in [-0.05, 0) is 99.4 Å². The Balaban J connectivity index is 0.00000103. The van der Waals surface area contributed by atoms with E-state index in [9.17, 15) is 0 Å². The first kappa shape index (κ1) is 30.6. The summed E-state index contributed by atoms with van der Waals surface area (Å²) in [5.74, 6) is 0. The molecule has 0 aromatic rings. The van der Waals surface area contributed by atoms with Crippen LogP contribution in [0.15, 0.2) is 0 Å². The third-order valence-electron chi connectivity index (χ3n) is 9.27. The van der Waals surface area contributed by atoms with Crippen molar-refractivity contribution in [3.05, 3.63) is 0 Å². The molecule has 0 aliphatic heterocycles. The van der Waals surface area contributed by atoms with E-state index in [0.717, 1.165) is 22.6 Å². The molecule has 4 aliphatic carbocycles. The molecule has 0 aromatic heterocycles. The summed E-state index contributed by atoms with van der Waals surface area (Å²) in [5.41, 5.74) is 4.54. The Kier molecular flexibility index (Phi) is 17.2. The second-order valence-corrected chi connectivity index (χ2v) is 21.0. The average Bonchev–Trinajstić information content (AvgIpc) is 2.91. The molecule has 0 unspecified atom stereocenters. The van der Waals surface area contributed by atoms with E-state index in [1.807, 2.05) is 0 Å². The second-order valence-electron chi connectivity index (χ2n) is 11.4. The van der Waals surface area contributed by atoms with E-state index < -0.39 is 15.7 Å². The molecule has 34 heavy (non-hydrogen) atoms. The predicted octanol–water partition coefficient (Wildman–Crippen LogP) is 9.98. The van der Waals surface area contributed by atoms with Crippen LogP contribution in [0.5, 0.6) is 0 Å². The van der Waals surface area contributed by atoms with Gasteiger partial charge in [0.1, 0.15) is 0 Å². The van der Waals surface area contributed by atoms with Crippen LogP contribution in [0.2, 0.25) is 0 Å². The Labute approximate surface area is 231 Å². The Bertz CT molecular complexity index is 413. The summed E-state index contributed by atoms with van der Waals surface area (Å²) in [6.07, 6.45) is 34.1. The zero-order valence-corrected chi connectivity index (χ0v) is 27.6. The summed E-state index contributed by atoms with van der Waals surface area (Å²) >= 11 is -0.639. The van der Waals surface area contributed by atoms with E-state index in [4.69, 9.17) is 19.2 Å². The van der Waals surface area contributed by atoms with Crippen LogP contribution in [0.4, 0.5) is 0 Å². The minimum absolute atomic E-state index is 0.290. The SMILES string of the molecule is C1CCC(P(CCNCCP(C2CCCCC2)C2CCCCC2)C2CCCCC2)CC1.[Cl][IrH][Cl]. The molecular weight excluding hydrogens is 675 g/mol. The van der Waals surface area contributed by atoms with Crippen LogP contribution in [-0.2, 0) is 15.7 Å². The number of rotatable bonds is 10. The van der Waals surface area contributed by atoms with E-state index in [1.165, 1.54) is 90.1 Å². The normalized spacial score (nSPS) is 24.5. The Morgan fingerprint density at radius 3 is 0.941 bits per heavy atom. The molecule has 0 spiro atoms. The van der Waals surface area contributed by atoms with Crippen molar-refractivity contribution in [3.8, 4) is 0 Å². The van der Waals surface area contributed by atoms with Gasteiger partial charge in [0.05, 0.1) is 0 Å². The van der Waals surface area contributed by atoms with Gasteiger partial charge in [0.2, 0.25) is 0 Å². The standard InChI is InChI=1S/C28H53NP2.2ClH.Ir.H/c1-5-13-25(14-6-1)30(26-15-7-2-8-16-26)23-21-29-22-24-31(27-17-9-3-10-18-27)28-19-11-4-12-20-28;;;;/h25-29H,1-24H2;2*1H;;/q;;;+2;/p-2. The van der Waals surface area contributed by atoms with E-state index >= 15 is 0 Å². The quantitative estimate of drug-likeness (QED) is 0.175. The van der Waals surface area contributed by atoms with Crippen molar-refractivity contribution in [1.29, 1.82) is 0 Å². The van der Waals surface area contributed by atoms with Crippen LogP contribution in [0.25, 0.3) is 0 Å². The number of nitrogens with one attached hydrogen (secondary N) is 1. The van der Waals surface area contributed by atoms with E-state index in [-0.39, 0.29) is 15.8 Å². The van der Waals surface area contributed by atoms with Crippen LogP contribution in [0, 0.1) is 0 Å². The first-order valence-electron chi connectivity index (χ1n) is 14.9. The molecule has 0 heterocycles. The molecule has 1 N–H and O–H groups in total. The van der Waals surface area contributed by atoms with Crippen molar-refractivity contribution in [1.82, 2.24) is 5.32 Å². The van der Waals surface area contributed by atoms with Crippen molar-refractivity contribution in [2.24, 2.45) is 0 Å². The zero-order chi connectivity index (χ0) is 23.8. The summed E-state index contributed by atoms with van der Waals surface area (Å²) in [4.78, 5) is 0. The fourth-order valence-electron chi connectivity index (χ4n) is 7.52. The molecule has 0 saturated heterocycles. The maximum absolute atomic E-state index is 4.90. The van der Waals surface area contributed by atoms with Gasteiger partial charge in [-0.3, -0.25) is 0 Å². The molecule has 4 fully saturated rings. The van der Waals surface area contributed by atoms with E-state index in [1.54, 1.807) is 63.7 Å². The van der Waals surface area contributed by atoms with Crippen LogP contribution in [-0.4, -0.2) is 48.0 Å². The zero-order valence-electron chi connectivity index (χ0n) is 21.8. The number of hydrogen-bond acceptors (Lipinski definition) is 1. The molecule has 0 radical (unpaired) electrons. The number of hydrogen-bond donors (Lipinski definition) is 1. The third-order valence-corrected chi connectivity index (χ3v) is 16.6. The molecule has 0 bridgehead atoms. The number of halogens is 2. The molecule has 4 saturated carbocycles. The van der Waals surface area contributed by atoms with Gasteiger partial charge in [-0.1, -0.05) is 92.9 Å². The molecule has 0 atom stereocenters. The van der Waals surface area contributed by atoms with Crippen molar-refractivity contribution in [2.75, 3.05) is 25.4 Å². The van der Waals surface area contributed by atoms with Crippen molar-refractivity contribution >= 4 is 35.0 Å². The molecule has 1 nitrogen and oxygen atoms in total. The van der Waals surface area contributed by atoms with E-state index in [2.05, 4.69) is 5.32 Å². The topological polar surface area (TPSA) is 12.0 Å². The van der Waals surface area contributed by atoms with Crippen molar-refractivity contribution in [2.45, 2.75) is 151 Å². The van der Waals surface area contributed by atoms with Crippen molar-refractivity contribution in [3.63, 3.8) is 0 Å². The Morgan fingerprint density at radius 1 is 0.471 bits per heavy atom. The minimum atomic E-state index is -0.639. The summed E-state index contributed by atoms with van der Waals surface area (Å²) < 4.78 is 0. The summed E-state index contributed by atoms with van der Waals surface area (Å²) in [6, 6.07) is 0. The average molecular weight is 730 g/mol. The van der Waals surface area contributed by atoms with E-state index in [0.29, 0.717) is 0 Å². The van der Waals surface area contributed by atoms with Crippen LogP contribution < -0.4 is 5.32 Å². The van der Waals surface area contributed by atoms with Crippen LogP contribution in [0.1, 0.15) is 128 Å². The third kappa shape index (κ3) is 11.0. The van der Waals surface area contributed by atoms with Gasteiger partial charge in [-0.2, -0.15) is 0 Å². The van der Waals surface area contributed by atoms with Gasteiger partial charge < -0.3 is 5.32 Å². The van der Waals surface area contributed by atoms with Gasteiger partial charge in [-0.25, -0.2) is 0 Å². The maximum atomic E-state index is 4.90. The van der Waals surface area contributed by atoms with Crippen LogP contribution >= 0.6 is 35.0 Å². The Hall–Kier alpha value is 2.05. The first-order valence-corrected chi connectivity index (χ1v) is 24.5. The van der Waals surface area contributed by atoms with Crippen LogP contribution in [0.3, 0.4) is 0 Å². The fraction of sp³-hybridized carbons (Fsp3) is 1.00. The molecule has 0 aromatic carbocycles. The fourth-order valence-corrected chi connectivity index (χ4v) is 15.1. The monoisotopic (exact) mass is 729 g/mol. The van der Waals surface area contributed by atoms with Gasteiger partial charge in [0, 0.05) is 0 Å².